The molecule has 1 aliphatic heterocycles. The molecule has 2 rings (SSSR count). The molecule has 0 spiro atoms. The second kappa shape index (κ2) is 5.78. The summed E-state index contributed by atoms with van der Waals surface area (Å²) in [5.41, 5.74) is 4.77. The molecule has 7 heteroatoms. The lowest BCUT2D eigenvalue weighted by atomic mass is 9.97. The van der Waals surface area contributed by atoms with Gasteiger partial charge in [-0.05, 0) is 37.4 Å². The van der Waals surface area contributed by atoms with E-state index in [1.54, 1.807) is 4.90 Å². The maximum atomic E-state index is 12.4. The molecule has 0 saturated carbocycles. The van der Waals surface area contributed by atoms with Gasteiger partial charge in [0, 0.05) is 19.3 Å². The van der Waals surface area contributed by atoms with E-state index in [0.29, 0.717) is 31.7 Å². The molecule has 2 N–H and O–H groups in total. The van der Waals surface area contributed by atoms with Crippen LogP contribution in [-0.2, 0) is 6.18 Å². The number of likely N-dealkylation sites (tertiary alicyclic amines) is 1. The van der Waals surface area contributed by atoms with Gasteiger partial charge in [-0.25, -0.2) is 0 Å². The minimum atomic E-state index is -4.44. The summed E-state index contributed by atoms with van der Waals surface area (Å²) in [4.78, 5) is 17.3. The van der Waals surface area contributed by atoms with Crippen LogP contribution in [0.3, 0.4) is 0 Å². The minimum Gasteiger partial charge on any atom is -0.337 e. The van der Waals surface area contributed by atoms with Gasteiger partial charge in [0.25, 0.3) is 5.91 Å². The highest BCUT2D eigenvalue weighted by Crippen LogP contribution is 2.28. The van der Waals surface area contributed by atoms with E-state index >= 15 is 0 Å². The van der Waals surface area contributed by atoms with Crippen LogP contribution in [0.25, 0.3) is 0 Å². The van der Waals surface area contributed by atoms with E-state index in [4.69, 9.17) is 5.73 Å². The van der Waals surface area contributed by atoms with Crippen molar-refractivity contribution < 1.29 is 18.0 Å². The molecule has 0 bridgehead atoms. The predicted octanol–water partition coefficient (Wildman–Crippen LogP) is 1.91. The van der Waals surface area contributed by atoms with Gasteiger partial charge in [-0.3, -0.25) is 9.78 Å². The van der Waals surface area contributed by atoms with Crippen LogP contribution in [0.1, 0.15) is 28.9 Å². The van der Waals surface area contributed by atoms with Crippen LogP contribution in [0.2, 0.25) is 0 Å². The van der Waals surface area contributed by atoms with Gasteiger partial charge < -0.3 is 10.6 Å². The molecule has 2 heterocycles. The number of nitrogens with two attached hydrogens (primary N) is 1. The number of alkyl halides is 3. The number of amides is 1. The standard InChI is InChI=1S/C13H16F3N3O/c14-13(15,16)10-1-2-11(18-8-10)12(20)19-5-3-9(7-17)4-6-19/h1-2,8-9H,3-7,17H2. The monoisotopic (exact) mass is 287 g/mol. The fourth-order valence-electron chi connectivity index (χ4n) is 2.22. The maximum Gasteiger partial charge on any atom is 0.417 e. The molecule has 0 radical (unpaired) electrons. The Kier molecular flexibility index (Phi) is 4.27. The van der Waals surface area contributed by atoms with E-state index < -0.39 is 11.7 Å². The Morgan fingerprint density at radius 2 is 2.00 bits per heavy atom. The van der Waals surface area contributed by atoms with E-state index in [-0.39, 0.29) is 11.6 Å². The lowest BCUT2D eigenvalue weighted by Gasteiger charge is -2.31. The molecule has 0 unspecified atom stereocenters. The molecule has 4 nitrogen and oxygen atoms in total. The van der Waals surface area contributed by atoms with Crippen molar-refractivity contribution >= 4 is 5.91 Å². The molecule has 0 atom stereocenters. The van der Waals surface area contributed by atoms with Crippen LogP contribution < -0.4 is 5.73 Å². The second-order valence-corrected chi connectivity index (χ2v) is 4.90. The molecule has 1 aliphatic rings. The zero-order valence-corrected chi connectivity index (χ0v) is 10.9. The molecular formula is C13H16F3N3O. The Morgan fingerprint density at radius 3 is 2.45 bits per heavy atom. The summed E-state index contributed by atoms with van der Waals surface area (Å²) in [5.74, 6) is 0.0915. The highest BCUT2D eigenvalue weighted by molar-refractivity contribution is 5.92. The van der Waals surface area contributed by atoms with E-state index in [9.17, 15) is 18.0 Å². The summed E-state index contributed by atoms with van der Waals surface area (Å²) in [7, 11) is 0. The van der Waals surface area contributed by atoms with Gasteiger partial charge in [0.15, 0.2) is 0 Å². The van der Waals surface area contributed by atoms with E-state index in [0.717, 1.165) is 25.0 Å². The summed E-state index contributed by atoms with van der Waals surface area (Å²) < 4.78 is 37.2. The van der Waals surface area contributed by atoms with Gasteiger partial charge in [0.1, 0.15) is 5.69 Å². The summed E-state index contributed by atoms with van der Waals surface area (Å²) >= 11 is 0. The largest absolute Gasteiger partial charge is 0.417 e. The van der Waals surface area contributed by atoms with Crippen molar-refractivity contribution in [2.75, 3.05) is 19.6 Å². The fourth-order valence-corrected chi connectivity index (χ4v) is 2.22. The molecule has 1 fully saturated rings. The first kappa shape index (κ1) is 14.8. The quantitative estimate of drug-likeness (QED) is 0.904. The molecule has 0 aliphatic carbocycles. The zero-order valence-electron chi connectivity index (χ0n) is 10.9. The third-order valence-corrected chi connectivity index (χ3v) is 3.55. The van der Waals surface area contributed by atoms with Gasteiger partial charge in [0.05, 0.1) is 5.56 Å². The third-order valence-electron chi connectivity index (χ3n) is 3.55. The smallest absolute Gasteiger partial charge is 0.337 e. The van der Waals surface area contributed by atoms with Crippen LogP contribution in [0, 0.1) is 5.92 Å². The first-order chi connectivity index (χ1) is 9.41. The molecule has 1 aromatic heterocycles. The number of aromatic nitrogens is 1. The van der Waals surface area contributed by atoms with Gasteiger partial charge in [-0.2, -0.15) is 13.2 Å². The molecular weight excluding hydrogens is 271 g/mol. The normalized spacial score (nSPS) is 17.3. The summed E-state index contributed by atoms with van der Waals surface area (Å²) in [6.07, 6.45) is -2.10. The highest BCUT2D eigenvalue weighted by atomic mass is 19.4. The second-order valence-electron chi connectivity index (χ2n) is 4.90. The van der Waals surface area contributed by atoms with Crippen molar-refractivity contribution in [3.8, 4) is 0 Å². The average Bonchev–Trinajstić information content (AvgIpc) is 2.46. The van der Waals surface area contributed by atoms with Crippen LogP contribution >= 0.6 is 0 Å². The number of carbonyl (C=O) groups is 1. The van der Waals surface area contributed by atoms with Crippen LogP contribution in [0.15, 0.2) is 18.3 Å². The molecule has 1 saturated heterocycles. The third kappa shape index (κ3) is 3.27. The van der Waals surface area contributed by atoms with Gasteiger partial charge >= 0.3 is 6.18 Å². The fraction of sp³-hybridized carbons (Fsp3) is 0.538. The number of pyridine rings is 1. The number of carbonyl (C=O) groups excluding carboxylic acids is 1. The SMILES string of the molecule is NCC1CCN(C(=O)c2ccc(C(F)(F)F)cn2)CC1. The van der Waals surface area contributed by atoms with E-state index in [1.165, 1.54) is 0 Å². The number of halogens is 3. The van der Waals surface area contributed by atoms with Gasteiger partial charge in [-0.15, -0.1) is 0 Å². The maximum absolute atomic E-state index is 12.4. The molecule has 1 amide bonds. The van der Waals surface area contributed by atoms with Crippen LogP contribution in [0.5, 0.6) is 0 Å². The number of piperidine rings is 1. The van der Waals surface area contributed by atoms with Crippen LogP contribution in [0.4, 0.5) is 13.2 Å². The number of rotatable bonds is 2. The number of hydrogen-bond acceptors (Lipinski definition) is 3. The highest BCUT2D eigenvalue weighted by Gasteiger charge is 2.31. The summed E-state index contributed by atoms with van der Waals surface area (Å²) in [6.45, 7) is 1.74. The summed E-state index contributed by atoms with van der Waals surface area (Å²) in [5, 5.41) is 0. The van der Waals surface area contributed by atoms with Crippen molar-refractivity contribution in [3.05, 3.63) is 29.6 Å². The Hall–Kier alpha value is -1.63. The van der Waals surface area contributed by atoms with Crippen molar-refractivity contribution in [2.24, 2.45) is 11.7 Å². The lowest BCUT2D eigenvalue weighted by molar-refractivity contribution is -0.137. The van der Waals surface area contributed by atoms with Crippen molar-refractivity contribution in [1.29, 1.82) is 0 Å². The Bertz CT molecular complexity index is 465. The molecule has 110 valence electrons. The van der Waals surface area contributed by atoms with E-state index in [1.807, 2.05) is 0 Å². The predicted molar refractivity (Wildman–Crippen MR) is 66.9 cm³/mol. The first-order valence-corrected chi connectivity index (χ1v) is 6.44. The Balaban J connectivity index is 2.03. The van der Waals surface area contributed by atoms with Gasteiger partial charge in [-0.1, -0.05) is 0 Å². The zero-order chi connectivity index (χ0) is 14.8. The van der Waals surface area contributed by atoms with Crippen molar-refractivity contribution in [1.82, 2.24) is 9.88 Å². The van der Waals surface area contributed by atoms with Crippen molar-refractivity contribution in [3.63, 3.8) is 0 Å². The summed E-state index contributed by atoms with van der Waals surface area (Å²) in [6, 6.07) is 2.01. The Labute approximate surface area is 114 Å². The average molecular weight is 287 g/mol. The molecule has 20 heavy (non-hydrogen) atoms. The van der Waals surface area contributed by atoms with E-state index in [2.05, 4.69) is 4.98 Å². The number of hydrogen-bond donors (Lipinski definition) is 1. The molecule has 1 aromatic rings. The lowest BCUT2D eigenvalue weighted by Crippen LogP contribution is -2.40. The minimum absolute atomic E-state index is 0.0456. The topological polar surface area (TPSA) is 59.2 Å². The van der Waals surface area contributed by atoms with Gasteiger partial charge in [0.2, 0.25) is 0 Å². The number of nitrogens with zero attached hydrogens (tertiary/aromatic N) is 2. The van der Waals surface area contributed by atoms with Crippen LogP contribution in [-0.4, -0.2) is 35.4 Å². The van der Waals surface area contributed by atoms with Crippen molar-refractivity contribution in [2.45, 2.75) is 19.0 Å². The molecule has 0 aromatic carbocycles. The Morgan fingerprint density at radius 1 is 1.35 bits per heavy atom. The first-order valence-electron chi connectivity index (χ1n) is 6.44.